The van der Waals surface area contributed by atoms with Gasteiger partial charge in [-0.25, -0.2) is 4.39 Å². The molecule has 2 fully saturated rings. The molecule has 0 unspecified atom stereocenters. The Morgan fingerprint density at radius 2 is 2.12 bits per heavy atom. The number of rotatable bonds is 4. The van der Waals surface area contributed by atoms with Crippen molar-refractivity contribution in [1.82, 2.24) is 5.32 Å². The van der Waals surface area contributed by atoms with E-state index in [2.05, 4.69) is 40.0 Å². The predicted molar refractivity (Wildman–Crippen MR) is 97.3 cm³/mol. The fraction of sp³-hybridized carbons (Fsp3) is 0.667. The number of hydrogen-bond acceptors (Lipinski definition) is 4. The first-order valence-corrected chi connectivity index (χ1v) is 9.47. The first-order valence-electron chi connectivity index (χ1n) is 8.68. The van der Waals surface area contributed by atoms with Crippen LogP contribution in [0.5, 0.6) is 5.75 Å². The van der Waals surface area contributed by atoms with E-state index in [1.165, 1.54) is 18.9 Å². The number of ether oxygens (including phenoxy) is 1. The number of fused-ring (bicyclic) bond motifs is 1. The van der Waals surface area contributed by atoms with E-state index in [4.69, 9.17) is 9.84 Å². The Morgan fingerprint density at radius 1 is 1.38 bits per heavy atom. The van der Waals surface area contributed by atoms with Crippen LogP contribution >= 0.6 is 15.9 Å². The van der Waals surface area contributed by atoms with Crippen molar-refractivity contribution in [3.05, 3.63) is 22.4 Å². The van der Waals surface area contributed by atoms with Gasteiger partial charge in [-0.2, -0.15) is 0 Å². The molecule has 0 spiro atoms. The molecule has 1 aliphatic heterocycles. The highest BCUT2D eigenvalue weighted by Gasteiger charge is 2.41. The minimum atomic E-state index is -0.270. The van der Waals surface area contributed by atoms with Crippen LogP contribution in [-0.4, -0.2) is 42.5 Å². The summed E-state index contributed by atoms with van der Waals surface area (Å²) in [5.41, 5.74) is 0.577. The number of hydrogen-bond donors (Lipinski definition) is 2. The summed E-state index contributed by atoms with van der Waals surface area (Å²) in [5.74, 6) is 0.160. The summed E-state index contributed by atoms with van der Waals surface area (Å²) in [6.45, 7) is 5.19. The standard InChI is InChI=1S/C18H26BrFN2O2/c1-18(2)11-22(15-6-4-3-5-14(15)21-18)16-9-12(19)17(10-13(16)20)24-8-7-23/h9-10,14-15,21,23H,3-8,11H2,1-2H3/t14-,15+/m1/s1. The molecule has 134 valence electrons. The normalized spacial score (nSPS) is 26.1. The second-order valence-electron chi connectivity index (χ2n) is 7.42. The third kappa shape index (κ3) is 3.70. The van der Waals surface area contributed by atoms with Gasteiger partial charge in [0.25, 0.3) is 0 Å². The van der Waals surface area contributed by atoms with Crippen molar-refractivity contribution in [2.45, 2.75) is 57.2 Å². The van der Waals surface area contributed by atoms with Crippen molar-refractivity contribution < 1.29 is 14.2 Å². The molecule has 0 bridgehead atoms. The minimum Gasteiger partial charge on any atom is -0.490 e. The van der Waals surface area contributed by atoms with Crippen molar-refractivity contribution in [1.29, 1.82) is 0 Å². The van der Waals surface area contributed by atoms with Crippen LogP contribution in [0.1, 0.15) is 39.5 Å². The van der Waals surface area contributed by atoms with E-state index in [9.17, 15) is 4.39 Å². The molecule has 0 aromatic heterocycles. The van der Waals surface area contributed by atoms with Crippen molar-refractivity contribution in [2.24, 2.45) is 0 Å². The number of anilines is 1. The fourth-order valence-corrected chi connectivity index (χ4v) is 4.46. The topological polar surface area (TPSA) is 44.7 Å². The molecular weight excluding hydrogens is 375 g/mol. The highest BCUT2D eigenvalue weighted by Crippen LogP contribution is 2.38. The largest absolute Gasteiger partial charge is 0.490 e. The number of aliphatic hydroxyl groups is 1. The SMILES string of the molecule is CC1(C)CN(c2cc(Br)c(OCCO)cc2F)[C@H]2CCCC[C@H]2N1. The molecule has 6 heteroatoms. The van der Waals surface area contributed by atoms with Crippen LogP contribution in [0.4, 0.5) is 10.1 Å². The Hall–Kier alpha value is -0.850. The first-order chi connectivity index (χ1) is 11.4. The Balaban J connectivity index is 1.92. The summed E-state index contributed by atoms with van der Waals surface area (Å²) in [4.78, 5) is 2.23. The van der Waals surface area contributed by atoms with E-state index in [0.717, 1.165) is 23.9 Å². The third-order valence-corrected chi connectivity index (χ3v) is 5.55. The van der Waals surface area contributed by atoms with Gasteiger partial charge in [-0.15, -0.1) is 0 Å². The van der Waals surface area contributed by atoms with Gasteiger partial charge in [-0.3, -0.25) is 0 Å². The molecule has 1 heterocycles. The van der Waals surface area contributed by atoms with Gasteiger partial charge in [0.1, 0.15) is 18.2 Å². The second-order valence-corrected chi connectivity index (χ2v) is 8.27. The lowest BCUT2D eigenvalue weighted by Gasteiger charge is -2.52. The fourth-order valence-electron chi connectivity index (χ4n) is 4.01. The van der Waals surface area contributed by atoms with Gasteiger partial charge >= 0.3 is 0 Å². The highest BCUT2D eigenvalue weighted by molar-refractivity contribution is 9.10. The van der Waals surface area contributed by atoms with Gasteiger partial charge in [0.15, 0.2) is 0 Å². The van der Waals surface area contributed by atoms with E-state index >= 15 is 0 Å². The highest BCUT2D eigenvalue weighted by atomic mass is 79.9. The summed E-state index contributed by atoms with van der Waals surface area (Å²) in [5, 5.41) is 12.6. The molecule has 1 aliphatic carbocycles. The summed E-state index contributed by atoms with van der Waals surface area (Å²) in [6, 6.07) is 3.97. The maximum atomic E-state index is 14.8. The van der Waals surface area contributed by atoms with Crippen molar-refractivity contribution in [3.63, 3.8) is 0 Å². The Bertz CT molecular complexity index is 597. The average molecular weight is 401 g/mol. The van der Waals surface area contributed by atoms with Crippen LogP contribution < -0.4 is 15.0 Å². The van der Waals surface area contributed by atoms with Crippen LogP contribution in [0.3, 0.4) is 0 Å². The van der Waals surface area contributed by atoms with Crippen LogP contribution in [0.25, 0.3) is 0 Å². The Morgan fingerprint density at radius 3 is 2.88 bits per heavy atom. The molecule has 2 aliphatic rings. The van der Waals surface area contributed by atoms with Crippen molar-refractivity contribution in [2.75, 3.05) is 24.7 Å². The van der Waals surface area contributed by atoms with E-state index in [-0.39, 0.29) is 24.6 Å². The minimum absolute atomic E-state index is 0.0521. The summed E-state index contributed by atoms with van der Waals surface area (Å²) >= 11 is 3.48. The van der Waals surface area contributed by atoms with Gasteiger partial charge in [-0.05, 0) is 48.7 Å². The molecule has 0 amide bonds. The van der Waals surface area contributed by atoms with Gasteiger partial charge in [-0.1, -0.05) is 12.8 Å². The molecule has 1 saturated carbocycles. The lowest BCUT2D eigenvalue weighted by Crippen LogP contribution is -2.67. The molecule has 0 radical (unpaired) electrons. The number of nitrogens with zero attached hydrogens (tertiary/aromatic N) is 1. The maximum absolute atomic E-state index is 14.8. The maximum Gasteiger partial charge on any atom is 0.150 e. The second kappa shape index (κ2) is 7.18. The molecular formula is C18H26BrFN2O2. The number of halogens is 2. The number of aliphatic hydroxyl groups excluding tert-OH is 1. The zero-order chi connectivity index (χ0) is 17.3. The quantitative estimate of drug-likeness (QED) is 0.811. The van der Waals surface area contributed by atoms with Crippen LogP contribution in [0, 0.1) is 5.82 Å². The monoisotopic (exact) mass is 400 g/mol. The summed E-state index contributed by atoms with van der Waals surface area (Å²) in [6.07, 6.45) is 4.66. The van der Waals surface area contributed by atoms with Gasteiger partial charge in [0.05, 0.1) is 16.8 Å². The smallest absolute Gasteiger partial charge is 0.150 e. The molecule has 2 atom stereocenters. The van der Waals surface area contributed by atoms with E-state index in [1.54, 1.807) is 0 Å². The van der Waals surface area contributed by atoms with E-state index < -0.39 is 0 Å². The van der Waals surface area contributed by atoms with Crippen LogP contribution in [0.15, 0.2) is 16.6 Å². The lowest BCUT2D eigenvalue weighted by atomic mass is 9.83. The number of piperazine rings is 1. The zero-order valence-corrected chi connectivity index (χ0v) is 15.9. The van der Waals surface area contributed by atoms with Gasteiger partial charge in [0.2, 0.25) is 0 Å². The van der Waals surface area contributed by atoms with Crippen molar-refractivity contribution >= 4 is 21.6 Å². The van der Waals surface area contributed by atoms with Gasteiger partial charge in [0, 0.05) is 30.2 Å². The number of nitrogens with one attached hydrogen (secondary N) is 1. The molecule has 2 N–H and O–H groups in total. The van der Waals surface area contributed by atoms with Gasteiger partial charge < -0.3 is 20.1 Å². The molecule has 1 aromatic carbocycles. The zero-order valence-electron chi connectivity index (χ0n) is 14.3. The predicted octanol–water partition coefficient (Wildman–Crippen LogP) is 3.46. The molecule has 3 rings (SSSR count). The summed E-state index contributed by atoms with van der Waals surface area (Å²) < 4.78 is 20.9. The first kappa shape index (κ1) is 18.0. The van der Waals surface area contributed by atoms with E-state index in [0.29, 0.717) is 23.5 Å². The number of benzene rings is 1. The Kier molecular flexibility index (Phi) is 5.37. The van der Waals surface area contributed by atoms with Crippen LogP contribution in [-0.2, 0) is 0 Å². The van der Waals surface area contributed by atoms with Crippen molar-refractivity contribution in [3.8, 4) is 5.75 Å². The molecule has 4 nitrogen and oxygen atoms in total. The molecule has 24 heavy (non-hydrogen) atoms. The summed E-state index contributed by atoms with van der Waals surface area (Å²) in [7, 11) is 0. The molecule has 1 aromatic rings. The van der Waals surface area contributed by atoms with E-state index in [1.807, 2.05) is 6.07 Å². The lowest BCUT2D eigenvalue weighted by molar-refractivity contribution is 0.196. The average Bonchev–Trinajstić information content (AvgIpc) is 2.53. The molecule has 1 saturated heterocycles. The van der Waals surface area contributed by atoms with Crippen LogP contribution in [0.2, 0.25) is 0 Å². The Labute approximate surface area is 151 Å². The third-order valence-electron chi connectivity index (χ3n) is 4.93.